The number of thiophene rings is 1. The fraction of sp³-hybridized carbons (Fsp3) is 0.0476. The molecule has 0 atom stereocenters. The van der Waals surface area contributed by atoms with Gasteiger partial charge in [0.05, 0.1) is 22.1 Å². The minimum atomic E-state index is -0.130. The topological polar surface area (TPSA) is 72.7 Å². The number of amides is 1. The van der Waals surface area contributed by atoms with E-state index in [4.69, 9.17) is 0 Å². The molecule has 0 fully saturated rings. The Morgan fingerprint density at radius 2 is 1.93 bits per heavy atom. The summed E-state index contributed by atoms with van der Waals surface area (Å²) in [7, 11) is 0. The van der Waals surface area contributed by atoms with Gasteiger partial charge >= 0.3 is 0 Å². The lowest BCUT2D eigenvalue weighted by Crippen LogP contribution is -2.21. The quantitative estimate of drug-likeness (QED) is 0.456. The van der Waals surface area contributed by atoms with Gasteiger partial charge in [-0.1, -0.05) is 24.3 Å². The minimum Gasteiger partial charge on any atom is -0.347 e. The van der Waals surface area contributed by atoms with Crippen LogP contribution in [0.2, 0.25) is 0 Å². The molecular weight excluding hydrogens is 402 g/mol. The molecule has 0 unspecified atom stereocenters. The molecule has 4 aromatic heterocycles. The first-order valence-corrected chi connectivity index (χ1v) is 10.6. The summed E-state index contributed by atoms with van der Waals surface area (Å²) in [5.41, 5.74) is 2.86. The van der Waals surface area contributed by atoms with E-state index in [2.05, 4.69) is 20.3 Å². The van der Waals surface area contributed by atoms with Gasteiger partial charge in [-0.3, -0.25) is 9.36 Å². The van der Waals surface area contributed by atoms with E-state index in [1.807, 2.05) is 58.5 Å². The van der Waals surface area contributed by atoms with Gasteiger partial charge in [-0.15, -0.1) is 22.7 Å². The lowest BCUT2D eigenvalue weighted by atomic mass is 10.2. The molecule has 0 saturated heterocycles. The molecule has 0 bridgehead atoms. The van der Waals surface area contributed by atoms with E-state index in [1.165, 1.54) is 11.3 Å². The number of carbonyl (C=O) groups is 1. The number of hydrogen-bond donors (Lipinski definition) is 1. The number of pyridine rings is 1. The Morgan fingerprint density at radius 3 is 2.76 bits per heavy atom. The van der Waals surface area contributed by atoms with E-state index in [0.717, 1.165) is 32.3 Å². The van der Waals surface area contributed by atoms with Crippen LogP contribution in [-0.2, 0) is 6.54 Å². The van der Waals surface area contributed by atoms with Gasteiger partial charge in [-0.2, -0.15) is 0 Å². The number of nitrogens with zero attached hydrogens (tertiary/aromatic N) is 4. The Morgan fingerprint density at radius 1 is 1.00 bits per heavy atom. The molecular formula is C21H15N5OS2. The second-order valence-corrected chi connectivity index (χ2v) is 8.30. The maximum Gasteiger partial charge on any atom is 0.263 e. The molecule has 4 heterocycles. The van der Waals surface area contributed by atoms with Crippen molar-refractivity contribution in [3.8, 4) is 15.7 Å². The number of hydrogen-bond acceptors (Lipinski definition) is 6. The summed E-state index contributed by atoms with van der Waals surface area (Å²) in [6.07, 6.45) is 5.16. The highest BCUT2D eigenvalue weighted by Crippen LogP contribution is 2.28. The molecule has 1 N–H and O–H groups in total. The largest absolute Gasteiger partial charge is 0.347 e. The van der Waals surface area contributed by atoms with Gasteiger partial charge < -0.3 is 5.32 Å². The van der Waals surface area contributed by atoms with Crippen LogP contribution in [0, 0.1) is 0 Å². The SMILES string of the molecule is O=C(NCc1ccc(-n2cnc3ccccc32)nc1)c1cnc(-c2cccs2)s1. The van der Waals surface area contributed by atoms with E-state index in [1.54, 1.807) is 30.1 Å². The number of aromatic nitrogens is 4. The summed E-state index contributed by atoms with van der Waals surface area (Å²) in [6, 6.07) is 15.8. The first-order valence-electron chi connectivity index (χ1n) is 8.93. The summed E-state index contributed by atoms with van der Waals surface area (Å²) in [5.74, 6) is 0.659. The third-order valence-corrected chi connectivity index (χ3v) is 6.46. The van der Waals surface area contributed by atoms with Crippen LogP contribution in [0.15, 0.2) is 72.6 Å². The molecule has 0 spiro atoms. The van der Waals surface area contributed by atoms with Crippen molar-refractivity contribution >= 4 is 39.6 Å². The van der Waals surface area contributed by atoms with Crippen LogP contribution in [0.1, 0.15) is 15.2 Å². The van der Waals surface area contributed by atoms with Gasteiger partial charge in [0, 0.05) is 12.7 Å². The second kappa shape index (κ2) is 7.57. The average Bonchev–Trinajstić information content (AvgIpc) is 3.52. The van der Waals surface area contributed by atoms with Gasteiger partial charge in [0.1, 0.15) is 22.0 Å². The summed E-state index contributed by atoms with van der Waals surface area (Å²) in [5, 5.41) is 5.80. The van der Waals surface area contributed by atoms with Crippen molar-refractivity contribution in [2.24, 2.45) is 0 Å². The zero-order valence-corrected chi connectivity index (χ0v) is 16.8. The Balaban J connectivity index is 1.26. The number of thiazole rings is 1. The van der Waals surface area contributed by atoms with Gasteiger partial charge in [0.2, 0.25) is 0 Å². The molecule has 142 valence electrons. The monoisotopic (exact) mass is 417 g/mol. The predicted molar refractivity (Wildman–Crippen MR) is 115 cm³/mol. The standard InChI is InChI=1S/C21H15N5OS2/c27-20(18-12-24-21(29-18)17-6-3-9-28-17)23-11-14-7-8-19(22-10-14)26-13-25-15-4-1-2-5-16(15)26/h1-10,12-13H,11H2,(H,23,27). The molecule has 1 aromatic carbocycles. The smallest absolute Gasteiger partial charge is 0.263 e. The molecule has 5 rings (SSSR count). The third-order valence-electron chi connectivity index (χ3n) is 4.42. The number of para-hydroxylation sites is 2. The van der Waals surface area contributed by atoms with E-state index >= 15 is 0 Å². The Bertz CT molecular complexity index is 1270. The van der Waals surface area contributed by atoms with Gasteiger partial charge in [0.25, 0.3) is 5.91 Å². The number of rotatable bonds is 5. The minimum absolute atomic E-state index is 0.130. The molecule has 0 saturated carbocycles. The summed E-state index contributed by atoms with van der Waals surface area (Å²) in [4.78, 5) is 27.4. The molecule has 5 aromatic rings. The van der Waals surface area contributed by atoms with Crippen molar-refractivity contribution in [2.45, 2.75) is 6.54 Å². The fourth-order valence-electron chi connectivity index (χ4n) is 2.97. The van der Waals surface area contributed by atoms with Crippen LogP contribution in [0.4, 0.5) is 0 Å². The van der Waals surface area contributed by atoms with Crippen molar-refractivity contribution in [3.63, 3.8) is 0 Å². The molecule has 0 radical (unpaired) electrons. The highest BCUT2D eigenvalue weighted by Gasteiger charge is 2.12. The fourth-order valence-corrected chi connectivity index (χ4v) is 4.60. The van der Waals surface area contributed by atoms with Crippen LogP contribution < -0.4 is 5.32 Å². The molecule has 6 nitrogen and oxygen atoms in total. The molecule has 29 heavy (non-hydrogen) atoms. The van der Waals surface area contributed by atoms with Crippen LogP contribution in [0.25, 0.3) is 26.7 Å². The molecule has 0 aliphatic carbocycles. The van der Waals surface area contributed by atoms with Crippen molar-refractivity contribution in [3.05, 3.63) is 83.1 Å². The van der Waals surface area contributed by atoms with E-state index in [-0.39, 0.29) is 5.91 Å². The highest BCUT2D eigenvalue weighted by molar-refractivity contribution is 7.21. The Hall–Kier alpha value is -3.36. The Kier molecular flexibility index (Phi) is 4.63. The van der Waals surface area contributed by atoms with E-state index in [9.17, 15) is 4.79 Å². The predicted octanol–water partition coefficient (Wildman–Crippen LogP) is 4.54. The van der Waals surface area contributed by atoms with Gasteiger partial charge in [-0.05, 0) is 35.2 Å². The highest BCUT2D eigenvalue weighted by atomic mass is 32.1. The average molecular weight is 418 g/mol. The van der Waals surface area contributed by atoms with Crippen molar-refractivity contribution in [1.82, 2.24) is 24.8 Å². The van der Waals surface area contributed by atoms with E-state index in [0.29, 0.717) is 11.4 Å². The summed E-state index contributed by atoms with van der Waals surface area (Å²) >= 11 is 3.01. The zero-order chi connectivity index (χ0) is 19.6. The molecule has 0 aliphatic rings. The van der Waals surface area contributed by atoms with Crippen LogP contribution in [-0.4, -0.2) is 25.4 Å². The number of benzene rings is 1. The van der Waals surface area contributed by atoms with Crippen molar-refractivity contribution in [1.29, 1.82) is 0 Å². The summed E-state index contributed by atoms with van der Waals surface area (Å²) < 4.78 is 1.95. The summed E-state index contributed by atoms with van der Waals surface area (Å²) in [6.45, 7) is 0.406. The third kappa shape index (κ3) is 3.55. The number of nitrogens with one attached hydrogen (secondary N) is 1. The number of fused-ring (bicyclic) bond motifs is 1. The zero-order valence-electron chi connectivity index (χ0n) is 15.1. The number of carbonyl (C=O) groups excluding carboxylic acids is 1. The van der Waals surface area contributed by atoms with Crippen LogP contribution in [0.5, 0.6) is 0 Å². The van der Waals surface area contributed by atoms with Crippen molar-refractivity contribution in [2.75, 3.05) is 0 Å². The lowest BCUT2D eigenvalue weighted by molar-refractivity contribution is 0.0954. The van der Waals surface area contributed by atoms with E-state index < -0.39 is 0 Å². The Labute approximate surface area is 174 Å². The number of imidazole rings is 1. The molecule has 8 heteroatoms. The van der Waals surface area contributed by atoms with Gasteiger partial charge in [0.15, 0.2) is 0 Å². The lowest BCUT2D eigenvalue weighted by Gasteiger charge is -2.06. The van der Waals surface area contributed by atoms with Crippen LogP contribution >= 0.6 is 22.7 Å². The first-order chi connectivity index (χ1) is 14.3. The maximum atomic E-state index is 12.4. The second-order valence-electron chi connectivity index (χ2n) is 6.32. The van der Waals surface area contributed by atoms with Crippen LogP contribution in [0.3, 0.4) is 0 Å². The molecule has 0 aliphatic heterocycles. The van der Waals surface area contributed by atoms with Gasteiger partial charge in [-0.25, -0.2) is 15.0 Å². The maximum absolute atomic E-state index is 12.4. The molecule has 1 amide bonds. The normalized spacial score (nSPS) is 11.0. The first kappa shape index (κ1) is 17.7. The van der Waals surface area contributed by atoms with Crippen molar-refractivity contribution < 1.29 is 4.79 Å².